The van der Waals surface area contributed by atoms with E-state index in [2.05, 4.69) is 10.0 Å². The van der Waals surface area contributed by atoms with Crippen molar-refractivity contribution < 1.29 is 30.4 Å². The Kier molecular flexibility index (Phi) is 7.46. The molecule has 2 N–H and O–H groups in total. The van der Waals surface area contributed by atoms with E-state index in [4.69, 9.17) is 0 Å². The van der Waals surface area contributed by atoms with Crippen molar-refractivity contribution >= 4 is 43.0 Å². The molecule has 12 heteroatoms. The van der Waals surface area contributed by atoms with Gasteiger partial charge in [0.15, 0.2) is 11.6 Å². The summed E-state index contributed by atoms with van der Waals surface area (Å²) < 4.78 is 79.8. The first-order valence-electron chi connectivity index (χ1n) is 10.2. The van der Waals surface area contributed by atoms with Gasteiger partial charge in [-0.2, -0.15) is 0 Å². The summed E-state index contributed by atoms with van der Waals surface area (Å²) in [5, 5.41) is 2.46. The van der Waals surface area contributed by atoms with Crippen LogP contribution in [0.3, 0.4) is 0 Å². The zero-order valence-corrected chi connectivity index (χ0v) is 20.7. The monoisotopic (exact) mass is 523 g/mol. The van der Waals surface area contributed by atoms with E-state index in [9.17, 15) is 30.4 Å². The lowest BCUT2D eigenvalue weighted by Gasteiger charge is -2.22. The molecule has 0 bridgehead atoms. The van der Waals surface area contributed by atoms with Gasteiger partial charge < -0.3 is 5.32 Å². The molecule has 0 heterocycles. The number of benzene rings is 3. The molecule has 0 saturated heterocycles. The second-order valence-corrected chi connectivity index (χ2v) is 11.4. The fourth-order valence-electron chi connectivity index (χ4n) is 3.26. The van der Waals surface area contributed by atoms with Gasteiger partial charge in [0.05, 0.1) is 22.5 Å². The van der Waals surface area contributed by atoms with Gasteiger partial charge in [-0.05, 0) is 61.4 Å². The zero-order chi connectivity index (χ0) is 26.0. The predicted molar refractivity (Wildman–Crippen MR) is 130 cm³/mol. The van der Waals surface area contributed by atoms with Crippen molar-refractivity contribution in [2.75, 3.05) is 27.1 Å². The Morgan fingerprint density at radius 1 is 0.886 bits per heavy atom. The minimum Gasteiger partial charge on any atom is -0.325 e. The minimum absolute atomic E-state index is 0.0438. The van der Waals surface area contributed by atoms with Crippen LogP contribution in [0, 0.1) is 25.5 Å². The van der Waals surface area contributed by atoms with Crippen LogP contribution in [0.1, 0.15) is 11.1 Å². The molecular formula is C23H23F2N3O5S2. The van der Waals surface area contributed by atoms with E-state index < -0.39 is 44.1 Å². The first kappa shape index (κ1) is 26.1. The first-order chi connectivity index (χ1) is 16.3. The molecule has 0 fully saturated rings. The van der Waals surface area contributed by atoms with Crippen LogP contribution in [0.2, 0.25) is 0 Å². The van der Waals surface area contributed by atoms with Crippen molar-refractivity contribution in [3.8, 4) is 0 Å². The molecule has 186 valence electrons. The van der Waals surface area contributed by atoms with Crippen molar-refractivity contribution in [1.82, 2.24) is 0 Å². The Morgan fingerprint density at radius 2 is 1.49 bits per heavy atom. The number of carbonyl (C=O) groups excluding carboxylic acids is 1. The fraction of sp³-hybridized carbons (Fsp3) is 0.174. The van der Waals surface area contributed by atoms with Gasteiger partial charge in [-0.3, -0.25) is 13.8 Å². The molecule has 0 aliphatic heterocycles. The average molecular weight is 524 g/mol. The summed E-state index contributed by atoms with van der Waals surface area (Å²) in [6, 6.07) is 13.1. The van der Waals surface area contributed by atoms with Gasteiger partial charge >= 0.3 is 0 Å². The maximum atomic E-state index is 13.6. The molecule has 0 aromatic heterocycles. The zero-order valence-electron chi connectivity index (χ0n) is 19.0. The molecule has 8 nitrogen and oxygen atoms in total. The average Bonchev–Trinajstić information content (AvgIpc) is 2.76. The van der Waals surface area contributed by atoms with Crippen molar-refractivity contribution in [3.05, 3.63) is 83.4 Å². The van der Waals surface area contributed by atoms with Crippen LogP contribution in [0.15, 0.2) is 65.6 Å². The van der Waals surface area contributed by atoms with Gasteiger partial charge in [0.25, 0.3) is 10.0 Å². The Morgan fingerprint density at radius 3 is 2.03 bits per heavy atom. The smallest absolute Gasteiger partial charge is 0.261 e. The molecule has 0 aliphatic rings. The second kappa shape index (κ2) is 10.0. The number of anilines is 3. The van der Waals surface area contributed by atoms with E-state index in [1.807, 2.05) is 6.07 Å². The maximum Gasteiger partial charge on any atom is 0.261 e. The molecule has 3 rings (SSSR count). The highest BCUT2D eigenvalue weighted by Crippen LogP contribution is 2.24. The highest BCUT2D eigenvalue weighted by molar-refractivity contribution is 7.92. The van der Waals surface area contributed by atoms with Gasteiger partial charge in [0, 0.05) is 11.8 Å². The van der Waals surface area contributed by atoms with E-state index in [0.717, 1.165) is 29.5 Å². The lowest BCUT2D eigenvalue weighted by molar-refractivity contribution is -0.114. The third-order valence-corrected chi connectivity index (χ3v) is 7.55. The SMILES string of the molecule is Cc1cccc(C)c1NS(=O)(=O)c1ccc(NC(=O)CN(c2ccc(F)c(F)c2)S(C)(=O)=O)cc1. The summed E-state index contributed by atoms with van der Waals surface area (Å²) in [4.78, 5) is 12.4. The van der Waals surface area contributed by atoms with E-state index in [1.54, 1.807) is 26.0 Å². The van der Waals surface area contributed by atoms with Gasteiger partial charge in [-0.15, -0.1) is 0 Å². The van der Waals surface area contributed by atoms with E-state index >= 15 is 0 Å². The number of rotatable bonds is 8. The third-order valence-electron chi connectivity index (χ3n) is 5.04. The molecule has 0 atom stereocenters. The van der Waals surface area contributed by atoms with Crippen LogP contribution in [-0.2, 0) is 24.8 Å². The van der Waals surface area contributed by atoms with Crippen LogP contribution < -0.4 is 14.3 Å². The molecule has 1 amide bonds. The van der Waals surface area contributed by atoms with Gasteiger partial charge in [0.1, 0.15) is 6.54 Å². The molecule has 35 heavy (non-hydrogen) atoms. The molecule has 0 saturated carbocycles. The van der Waals surface area contributed by atoms with Crippen LogP contribution >= 0.6 is 0 Å². The van der Waals surface area contributed by atoms with E-state index in [0.29, 0.717) is 16.1 Å². The minimum atomic E-state index is -4.00. The summed E-state index contributed by atoms with van der Waals surface area (Å²) in [5.74, 6) is -3.19. The normalized spacial score (nSPS) is 11.7. The number of halogens is 2. The number of nitrogens with zero attached hydrogens (tertiary/aromatic N) is 1. The Labute approximate surface area is 202 Å². The molecule has 3 aromatic rings. The van der Waals surface area contributed by atoms with Gasteiger partial charge in [-0.25, -0.2) is 25.6 Å². The third kappa shape index (κ3) is 6.34. The second-order valence-electron chi connectivity index (χ2n) is 7.81. The quantitative estimate of drug-likeness (QED) is 0.467. The summed E-state index contributed by atoms with van der Waals surface area (Å²) in [6.45, 7) is 2.85. The highest BCUT2D eigenvalue weighted by atomic mass is 32.2. The largest absolute Gasteiger partial charge is 0.325 e. The number of hydrogen-bond acceptors (Lipinski definition) is 5. The number of nitrogens with one attached hydrogen (secondary N) is 2. The van der Waals surface area contributed by atoms with E-state index in [-0.39, 0.29) is 16.3 Å². The van der Waals surface area contributed by atoms with E-state index in [1.165, 1.54) is 24.3 Å². The van der Waals surface area contributed by atoms with Gasteiger partial charge in [-0.1, -0.05) is 18.2 Å². The van der Waals surface area contributed by atoms with Crippen molar-refractivity contribution in [2.45, 2.75) is 18.7 Å². The van der Waals surface area contributed by atoms with Crippen LogP contribution in [0.25, 0.3) is 0 Å². The molecule has 0 unspecified atom stereocenters. The first-order valence-corrected chi connectivity index (χ1v) is 13.5. The number of sulfonamides is 2. The number of para-hydroxylation sites is 1. The lowest BCUT2D eigenvalue weighted by Crippen LogP contribution is -2.37. The summed E-state index contributed by atoms with van der Waals surface area (Å²) >= 11 is 0. The Balaban J connectivity index is 1.75. The summed E-state index contributed by atoms with van der Waals surface area (Å²) in [5.41, 5.74) is 1.98. The molecule has 0 aliphatic carbocycles. The lowest BCUT2D eigenvalue weighted by atomic mass is 10.1. The highest BCUT2D eigenvalue weighted by Gasteiger charge is 2.22. The summed E-state index contributed by atoms with van der Waals surface area (Å²) in [7, 11) is -7.90. The van der Waals surface area contributed by atoms with Gasteiger partial charge in [0.2, 0.25) is 15.9 Å². The Bertz CT molecular complexity index is 1460. The summed E-state index contributed by atoms with van der Waals surface area (Å²) in [6.07, 6.45) is 0.824. The standard InChI is InChI=1S/C23H23F2N3O5S2/c1-15-5-4-6-16(2)23(15)27-35(32,33)19-10-7-17(8-11-19)26-22(29)14-28(34(3,30)31)18-9-12-20(24)21(25)13-18/h4-13,27H,14H2,1-3H3,(H,26,29). The fourth-order valence-corrected chi connectivity index (χ4v) is 5.31. The number of amides is 1. The molecule has 0 spiro atoms. The van der Waals surface area contributed by atoms with Crippen LogP contribution in [-0.4, -0.2) is 35.5 Å². The Hall–Kier alpha value is -3.51. The molecule has 0 radical (unpaired) electrons. The molecular weight excluding hydrogens is 500 g/mol. The number of aryl methyl sites for hydroxylation is 2. The predicted octanol–water partition coefficient (Wildman–Crippen LogP) is 3.79. The van der Waals surface area contributed by atoms with Crippen LogP contribution in [0.4, 0.5) is 25.8 Å². The van der Waals surface area contributed by atoms with Crippen molar-refractivity contribution in [2.24, 2.45) is 0 Å². The number of hydrogen-bond donors (Lipinski definition) is 2. The molecule has 3 aromatic carbocycles. The topological polar surface area (TPSA) is 113 Å². The maximum absolute atomic E-state index is 13.6. The number of carbonyl (C=O) groups is 1. The van der Waals surface area contributed by atoms with Crippen molar-refractivity contribution in [1.29, 1.82) is 0 Å². The van der Waals surface area contributed by atoms with Crippen LogP contribution in [0.5, 0.6) is 0 Å². The van der Waals surface area contributed by atoms with Crippen molar-refractivity contribution in [3.63, 3.8) is 0 Å².